The van der Waals surface area contributed by atoms with Crippen LogP contribution in [0.4, 0.5) is 5.69 Å². The van der Waals surface area contributed by atoms with E-state index in [1.807, 2.05) is 0 Å². The number of aromatic amines is 1. The molecule has 2 aliphatic rings. The Morgan fingerprint density at radius 1 is 1.29 bits per heavy atom. The summed E-state index contributed by atoms with van der Waals surface area (Å²) in [5, 5.41) is 12.0. The zero-order valence-electron chi connectivity index (χ0n) is 18.7. The number of thiophene rings is 1. The van der Waals surface area contributed by atoms with E-state index in [9.17, 15) is 23.3 Å². The van der Waals surface area contributed by atoms with Crippen LogP contribution in [0.5, 0.6) is 0 Å². The van der Waals surface area contributed by atoms with E-state index in [1.54, 1.807) is 11.3 Å². The largest absolute Gasteiger partial charge is 0.326 e. The molecule has 1 aliphatic carbocycles. The van der Waals surface area contributed by atoms with Crippen LogP contribution in [0, 0.1) is 16.0 Å². The number of aromatic nitrogens is 2. The lowest BCUT2D eigenvalue weighted by Crippen LogP contribution is -3.13. The van der Waals surface area contributed by atoms with Gasteiger partial charge in [-0.15, -0.1) is 11.3 Å². The molecule has 12 heteroatoms. The van der Waals surface area contributed by atoms with Crippen LogP contribution in [0.15, 0.2) is 34.0 Å². The molecule has 1 aliphatic heterocycles. The lowest BCUT2D eigenvalue weighted by atomic mass is 9.89. The Morgan fingerprint density at radius 3 is 2.76 bits per heavy atom. The van der Waals surface area contributed by atoms with E-state index in [0.29, 0.717) is 31.4 Å². The molecule has 0 bridgehead atoms. The van der Waals surface area contributed by atoms with Crippen molar-refractivity contribution < 1.29 is 18.2 Å². The van der Waals surface area contributed by atoms with Gasteiger partial charge in [-0.2, -0.15) is 4.31 Å². The number of aryl methyl sites for hydroxylation is 1. The van der Waals surface area contributed by atoms with Crippen LogP contribution in [-0.2, 0) is 29.4 Å². The van der Waals surface area contributed by atoms with E-state index < -0.39 is 20.6 Å². The molecule has 180 valence electrons. The predicted molar refractivity (Wildman–Crippen MR) is 128 cm³/mol. The number of nitrogens with one attached hydrogen (secondary N) is 2. The highest BCUT2D eigenvalue weighted by Crippen LogP contribution is 2.35. The summed E-state index contributed by atoms with van der Waals surface area (Å²) in [4.78, 5) is 34.0. The Kier molecular flexibility index (Phi) is 6.00. The number of para-hydroxylation sites is 1. The van der Waals surface area contributed by atoms with Crippen molar-refractivity contribution >= 4 is 37.3 Å². The zero-order valence-corrected chi connectivity index (χ0v) is 20.4. The summed E-state index contributed by atoms with van der Waals surface area (Å²) in [5.74, 6) is 1.22. The average molecular weight is 505 g/mol. The number of sulfonamides is 1. The Morgan fingerprint density at radius 2 is 2.03 bits per heavy atom. The van der Waals surface area contributed by atoms with Crippen LogP contribution in [0.3, 0.4) is 0 Å². The maximum atomic E-state index is 13.0. The normalized spacial score (nSPS) is 19.9. The summed E-state index contributed by atoms with van der Waals surface area (Å²) in [7, 11) is -3.97. The fraction of sp³-hybridized carbons (Fsp3) is 0.455. The maximum absolute atomic E-state index is 13.0. The van der Waals surface area contributed by atoms with Crippen molar-refractivity contribution in [1.29, 1.82) is 0 Å². The third kappa shape index (κ3) is 4.15. The lowest BCUT2D eigenvalue weighted by molar-refractivity contribution is -0.917. The Labute approximate surface area is 200 Å². The standard InChI is InChI=1S/C22H25N5O5S2/c1-14-6-7-15-17(12-14)33-22-20(15)21(28)23-19(24-22)13-25-8-10-26(11-9-25)34(31,32)18-5-3-2-4-16(18)27(29)30/h2-5,14H,6-13H2,1H3,(H,23,24,28)/p+1/t14-/m1/s1. The van der Waals surface area contributed by atoms with Crippen molar-refractivity contribution in [2.24, 2.45) is 5.92 Å². The summed E-state index contributed by atoms with van der Waals surface area (Å²) in [6.07, 6.45) is 3.00. The van der Waals surface area contributed by atoms with Crippen LogP contribution in [-0.4, -0.2) is 53.8 Å². The minimum Gasteiger partial charge on any atom is -0.326 e. The molecule has 1 atom stereocenters. The zero-order chi connectivity index (χ0) is 24.0. The first-order valence-electron chi connectivity index (χ1n) is 11.3. The minimum atomic E-state index is -3.97. The van der Waals surface area contributed by atoms with Crippen molar-refractivity contribution in [1.82, 2.24) is 14.3 Å². The first-order chi connectivity index (χ1) is 16.2. The first-order valence-corrected chi connectivity index (χ1v) is 13.6. The molecule has 1 saturated heterocycles. The van der Waals surface area contributed by atoms with Gasteiger partial charge < -0.3 is 9.88 Å². The van der Waals surface area contributed by atoms with E-state index in [0.717, 1.165) is 39.9 Å². The minimum absolute atomic E-state index is 0.0935. The molecule has 10 nitrogen and oxygen atoms in total. The van der Waals surface area contributed by atoms with Gasteiger partial charge in [-0.25, -0.2) is 13.4 Å². The maximum Gasteiger partial charge on any atom is 0.289 e. The van der Waals surface area contributed by atoms with Crippen molar-refractivity contribution in [3.63, 3.8) is 0 Å². The van der Waals surface area contributed by atoms with Gasteiger partial charge in [-0.3, -0.25) is 14.9 Å². The number of nitro benzene ring substituents is 1. The third-order valence-corrected chi connectivity index (χ3v) is 9.84. The highest BCUT2D eigenvalue weighted by Gasteiger charge is 2.35. The van der Waals surface area contributed by atoms with Crippen LogP contribution < -0.4 is 10.5 Å². The van der Waals surface area contributed by atoms with Crippen LogP contribution in [0.25, 0.3) is 10.2 Å². The van der Waals surface area contributed by atoms with Gasteiger partial charge in [0.15, 0.2) is 10.7 Å². The number of nitro groups is 1. The number of hydrogen-bond donors (Lipinski definition) is 2. The quantitative estimate of drug-likeness (QED) is 0.395. The molecule has 0 radical (unpaired) electrons. The number of piperazine rings is 1. The van der Waals surface area contributed by atoms with Crippen molar-refractivity contribution in [2.75, 3.05) is 26.2 Å². The SMILES string of the molecule is C[C@@H]1CCc2c(sc3nc(C[NH+]4CCN(S(=O)(=O)c5ccccc5[N+](=O)[O-])CC4)[nH]c(=O)c23)C1. The van der Waals surface area contributed by atoms with Crippen molar-refractivity contribution in [3.05, 3.63) is 61.0 Å². The number of fused-ring (bicyclic) bond motifs is 3. The van der Waals surface area contributed by atoms with E-state index in [4.69, 9.17) is 4.98 Å². The Hall–Kier alpha value is -2.67. The fourth-order valence-electron chi connectivity index (χ4n) is 4.90. The third-order valence-electron chi connectivity index (χ3n) is 6.74. The number of nitrogens with zero attached hydrogens (tertiary/aromatic N) is 3. The summed E-state index contributed by atoms with van der Waals surface area (Å²) < 4.78 is 27.4. The molecular weight excluding hydrogens is 478 g/mol. The Bertz CT molecular complexity index is 1420. The van der Waals surface area contributed by atoms with E-state index in [-0.39, 0.29) is 23.5 Å². The molecule has 1 fully saturated rings. The summed E-state index contributed by atoms with van der Waals surface area (Å²) in [6, 6.07) is 5.42. The molecule has 5 rings (SSSR count). The molecule has 1 aromatic carbocycles. The summed E-state index contributed by atoms with van der Waals surface area (Å²) >= 11 is 1.62. The van der Waals surface area contributed by atoms with Crippen LogP contribution in [0.2, 0.25) is 0 Å². The van der Waals surface area contributed by atoms with Gasteiger partial charge in [0.1, 0.15) is 11.4 Å². The second-order valence-electron chi connectivity index (χ2n) is 9.10. The van der Waals surface area contributed by atoms with Crippen LogP contribution in [0.1, 0.15) is 29.6 Å². The highest BCUT2D eigenvalue weighted by atomic mass is 32.2. The van der Waals surface area contributed by atoms with Gasteiger partial charge in [0, 0.05) is 10.9 Å². The highest BCUT2D eigenvalue weighted by molar-refractivity contribution is 7.89. The molecule has 3 heterocycles. The molecule has 3 aromatic rings. The van der Waals surface area contributed by atoms with Crippen molar-refractivity contribution in [3.8, 4) is 0 Å². The van der Waals surface area contributed by atoms with Gasteiger partial charge in [0.25, 0.3) is 11.2 Å². The molecule has 34 heavy (non-hydrogen) atoms. The van der Waals surface area contributed by atoms with Gasteiger partial charge in [0.05, 0.1) is 36.5 Å². The van der Waals surface area contributed by atoms with E-state index >= 15 is 0 Å². The molecule has 2 aromatic heterocycles. The van der Waals surface area contributed by atoms with E-state index in [2.05, 4.69) is 11.9 Å². The predicted octanol–water partition coefficient (Wildman–Crippen LogP) is 1.11. The van der Waals surface area contributed by atoms with Crippen LogP contribution >= 0.6 is 11.3 Å². The summed E-state index contributed by atoms with van der Waals surface area (Å²) in [6.45, 7) is 4.22. The monoisotopic (exact) mass is 504 g/mol. The lowest BCUT2D eigenvalue weighted by Gasteiger charge is -2.31. The van der Waals surface area contributed by atoms with Gasteiger partial charge in [0.2, 0.25) is 10.0 Å². The number of hydrogen-bond acceptors (Lipinski definition) is 7. The molecule has 0 unspecified atom stereocenters. The van der Waals surface area contributed by atoms with E-state index in [1.165, 1.54) is 33.4 Å². The summed E-state index contributed by atoms with van der Waals surface area (Å²) in [5.41, 5.74) is 0.643. The molecular formula is C22H26N5O5S2+. The second kappa shape index (κ2) is 8.84. The second-order valence-corrected chi connectivity index (χ2v) is 12.1. The number of H-pyrrole nitrogens is 1. The van der Waals surface area contributed by atoms with Gasteiger partial charge in [-0.05, 0) is 36.8 Å². The first kappa shape index (κ1) is 23.1. The number of benzene rings is 1. The molecule has 2 N–H and O–H groups in total. The van der Waals surface area contributed by atoms with Crippen molar-refractivity contribution in [2.45, 2.75) is 37.6 Å². The van der Waals surface area contributed by atoms with Gasteiger partial charge in [-0.1, -0.05) is 19.1 Å². The fourth-order valence-corrected chi connectivity index (χ4v) is 7.90. The molecule has 0 saturated carbocycles. The van der Waals surface area contributed by atoms with Gasteiger partial charge >= 0.3 is 0 Å². The Balaban J connectivity index is 1.31. The molecule has 0 amide bonds. The number of quaternary nitrogens is 1. The average Bonchev–Trinajstić information content (AvgIpc) is 3.17. The smallest absolute Gasteiger partial charge is 0.289 e. The number of rotatable bonds is 5. The molecule has 0 spiro atoms. The topological polar surface area (TPSA) is 131 Å².